The summed E-state index contributed by atoms with van der Waals surface area (Å²) in [7, 11) is 0. The SMILES string of the molecule is CCOCC(O)Cc1cc(CC)nn1CC. The highest BCUT2D eigenvalue weighted by molar-refractivity contribution is 5.11. The fourth-order valence-electron chi connectivity index (χ4n) is 1.68. The summed E-state index contributed by atoms with van der Waals surface area (Å²) in [5.74, 6) is 0. The molecule has 0 spiro atoms. The first-order valence-corrected chi connectivity index (χ1v) is 6.02. The lowest BCUT2D eigenvalue weighted by Gasteiger charge is -2.11. The van der Waals surface area contributed by atoms with Gasteiger partial charge < -0.3 is 9.84 Å². The number of nitrogens with zero attached hydrogens (tertiary/aromatic N) is 2. The minimum Gasteiger partial charge on any atom is -0.390 e. The van der Waals surface area contributed by atoms with E-state index in [0.717, 1.165) is 24.4 Å². The van der Waals surface area contributed by atoms with Crippen molar-refractivity contribution in [1.29, 1.82) is 0 Å². The van der Waals surface area contributed by atoms with Crippen LogP contribution >= 0.6 is 0 Å². The van der Waals surface area contributed by atoms with Crippen LogP contribution in [-0.2, 0) is 24.1 Å². The van der Waals surface area contributed by atoms with Crippen molar-refractivity contribution in [2.45, 2.75) is 46.3 Å². The highest BCUT2D eigenvalue weighted by Crippen LogP contribution is 2.08. The van der Waals surface area contributed by atoms with Crippen molar-refractivity contribution in [3.8, 4) is 0 Å². The maximum absolute atomic E-state index is 9.77. The predicted molar refractivity (Wildman–Crippen MR) is 63.5 cm³/mol. The van der Waals surface area contributed by atoms with E-state index in [1.165, 1.54) is 0 Å². The van der Waals surface area contributed by atoms with E-state index in [1.54, 1.807) is 0 Å². The van der Waals surface area contributed by atoms with Gasteiger partial charge in [0, 0.05) is 25.3 Å². The molecule has 0 aliphatic carbocycles. The Hall–Kier alpha value is -0.870. The van der Waals surface area contributed by atoms with Gasteiger partial charge in [0.15, 0.2) is 0 Å². The van der Waals surface area contributed by atoms with Crippen molar-refractivity contribution in [2.75, 3.05) is 13.2 Å². The van der Waals surface area contributed by atoms with Crippen LogP contribution in [0.25, 0.3) is 0 Å². The zero-order chi connectivity index (χ0) is 12.0. The topological polar surface area (TPSA) is 47.3 Å². The number of rotatable bonds is 7. The summed E-state index contributed by atoms with van der Waals surface area (Å²) in [6.07, 6.45) is 1.11. The summed E-state index contributed by atoms with van der Waals surface area (Å²) < 4.78 is 7.15. The normalized spacial score (nSPS) is 13.0. The first-order valence-electron chi connectivity index (χ1n) is 6.02. The van der Waals surface area contributed by atoms with E-state index in [2.05, 4.69) is 25.0 Å². The smallest absolute Gasteiger partial charge is 0.0828 e. The van der Waals surface area contributed by atoms with Gasteiger partial charge in [-0.1, -0.05) is 6.92 Å². The maximum atomic E-state index is 9.77. The Labute approximate surface area is 97.2 Å². The Morgan fingerprint density at radius 3 is 2.75 bits per heavy atom. The van der Waals surface area contributed by atoms with E-state index >= 15 is 0 Å². The van der Waals surface area contributed by atoms with E-state index in [-0.39, 0.29) is 0 Å². The number of ether oxygens (including phenoxy) is 1. The van der Waals surface area contributed by atoms with E-state index in [0.29, 0.717) is 19.6 Å². The molecule has 0 aromatic carbocycles. The van der Waals surface area contributed by atoms with Gasteiger partial charge in [0.05, 0.1) is 18.4 Å². The largest absolute Gasteiger partial charge is 0.390 e. The molecular weight excluding hydrogens is 204 g/mol. The molecule has 0 aliphatic rings. The molecule has 1 unspecified atom stereocenters. The molecule has 0 fully saturated rings. The molecule has 0 saturated carbocycles. The standard InChI is InChI=1S/C12H22N2O2/c1-4-10-7-11(14(5-2)13-10)8-12(15)9-16-6-3/h7,12,15H,4-6,8-9H2,1-3H3. The molecule has 0 amide bonds. The summed E-state index contributed by atoms with van der Waals surface area (Å²) in [4.78, 5) is 0. The fraction of sp³-hybridized carbons (Fsp3) is 0.750. The molecule has 1 N–H and O–H groups in total. The first-order chi connectivity index (χ1) is 7.71. The molecule has 0 aliphatic heterocycles. The lowest BCUT2D eigenvalue weighted by Crippen LogP contribution is -2.20. The van der Waals surface area contributed by atoms with E-state index in [4.69, 9.17) is 4.74 Å². The monoisotopic (exact) mass is 226 g/mol. The van der Waals surface area contributed by atoms with Crippen LogP contribution in [0.4, 0.5) is 0 Å². The van der Waals surface area contributed by atoms with E-state index in [9.17, 15) is 5.11 Å². The average Bonchev–Trinajstić information content (AvgIpc) is 2.68. The van der Waals surface area contributed by atoms with Crippen molar-refractivity contribution in [3.05, 3.63) is 17.5 Å². The van der Waals surface area contributed by atoms with Gasteiger partial charge in [-0.25, -0.2) is 0 Å². The Balaban J connectivity index is 2.60. The third-order valence-electron chi connectivity index (χ3n) is 2.53. The molecule has 0 bridgehead atoms. The Morgan fingerprint density at radius 2 is 2.19 bits per heavy atom. The second-order valence-corrected chi connectivity index (χ2v) is 3.81. The predicted octanol–water partition coefficient (Wildman–Crippen LogP) is 1.41. The van der Waals surface area contributed by atoms with Crippen LogP contribution in [0.3, 0.4) is 0 Å². The van der Waals surface area contributed by atoms with Crippen LogP contribution in [0.2, 0.25) is 0 Å². The first kappa shape index (κ1) is 13.2. The number of hydrogen-bond acceptors (Lipinski definition) is 3. The van der Waals surface area contributed by atoms with Gasteiger partial charge in [0.2, 0.25) is 0 Å². The summed E-state index contributed by atoms with van der Waals surface area (Å²) >= 11 is 0. The highest BCUT2D eigenvalue weighted by atomic mass is 16.5. The van der Waals surface area contributed by atoms with Crippen LogP contribution in [0.1, 0.15) is 32.2 Å². The quantitative estimate of drug-likeness (QED) is 0.764. The molecular formula is C12H22N2O2. The Morgan fingerprint density at radius 1 is 1.44 bits per heavy atom. The average molecular weight is 226 g/mol. The summed E-state index contributed by atoms with van der Waals surface area (Å²) in [5.41, 5.74) is 2.17. The van der Waals surface area contributed by atoms with Crippen LogP contribution in [-0.4, -0.2) is 34.2 Å². The zero-order valence-electron chi connectivity index (χ0n) is 10.4. The third kappa shape index (κ3) is 3.61. The van der Waals surface area contributed by atoms with Crippen LogP contribution < -0.4 is 0 Å². The Bertz CT molecular complexity index is 310. The van der Waals surface area contributed by atoms with Crippen molar-refractivity contribution >= 4 is 0 Å². The van der Waals surface area contributed by atoms with E-state index < -0.39 is 6.10 Å². The van der Waals surface area contributed by atoms with Crippen molar-refractivity contribution < 1.29 is 9.84 Å². The number of aliphatic hydroxyl groups is 1. The number of aromatic nitrogens is 2. The molecule has 1 atom stereocenters. The van der Waals surface area contributed by atoms with Crippen molar-refractivity contribution in [3.63, 3.8) is 0 Å². The van der Waals surface area contributed by atoms with E-state index in [1.807, 2.05) is 11.6 Å². The lowest BCUT2D eigenvalue weighted by atomic mass is 10.2. The third-order valence-corrected chi connectivity index (χ3v) is 2.53. The van der Waals surface area contributed by atoms with Gasteiger partial charge in [-0.15, -0.1) is 0 Å². The maximum Gasteiger partial charge on any atom is 0.0828 e. The molecule has 0 radical (unpaired) electrons. The number of hydrogen-bond donors (Lipinski definition) is 1. The van der Waals surface area contributed by atoms with Crippen molar-refractivity contribution in [2.24, 2.45) is 0 Å². The van der Waals surface area contributed by atoms with Crippen molar-refractivity contribution in [1.82, 2.24) is 9.78 Å². The van der Waals surface area contributed by atoms with Gasteiger partial charge in [0.1, 0.15) is 0 Å². The lowest BCUT2D eigenvalue weighted by molar-refractivity contribution is 0.0419. The molecule has 4 heteroatoms. The van der Waals surface area contributed by atoms with Gasteiger partial charge >= 0.3 is 0 Å². The fourth-order valence-corrected chi connectivity index (χ4v) is 1.68. The molecule has 92 valence electrons. The molecule has 0 saturated heterocycles. The molecule has 1 aromatic heterocycles. The van der Waals surface area contributed by atoms with Gasteiger partial charge in [-0.2, -0.15) is 5.10 Å². The van der Waals surface area contributed by atoms with Gasteiger partial charge in [-0.3, -0.25) is 4.68 Å². The highest BCUT2D eigenvalue weighted by Gasteiger charge is 2.11. The van der Waals surface area contributed by atoms with Crippen LogP contribution in [0.15, 0.2) is 6.07 Å². The minimum absolute atomic E-state index is 0.396. The summed E-state index contributed by atoms with van der Waals surface area (Å²) in [6.45, 7) is 7.96. The molecule has 1 aromatic rings. The number of aryl methyl sites for hydroxylation is 2. The molecule has 16 heavy (non-hydrogen) atoms. The molecule has 4 nitrogen and oxygen atoms in total. The van der Waals surface area contributed by atoms with Crippen LogP contribution in [0, 0.1) is 0 Å². The second kappa shape index (κ2) is 6.66. The molecule has 1 rings (SSSR count). The zero-order valence-corrected chi connectivity index (χ0v) is 10.4. The van der Waals surface area contributed by atoms with Crippen LogP contribution in [0.5, 0.6) is 0 Å². The van der Waals surface area contributed by atoms with Gasteiger partial charge in [0.25, 0.3) is 0 Å². The molecule has 1 heterocycles. The summed E-state index contributed by atoms with van der Waals surface area (Å²) in [5, 5.41) is 14.2. The Kier molecular flexibility index (Phi) is 5.49. The number of aliphatic hydroxyl groups excluding tert-OH is 1. The second-order valence-electron chi connectivity index (χ2n) is 3.81. The minimum atomic E-state index is -0.438. The van der Waals surface area contributed by atoms with Gasteiger partial charge in [-0.05, 0) is 26.3 Å². The summed E-state index contributed by atoms with van der Waals surface area (Å²) in [6, 6.07) is 2.07.